The minimum Gasteiger partial charge on any atom is -0.492 e. The smallest absolute Gasteiger partial charge is 0.240 e. The third kappa shape index (κ3) is 6.14. The fourth-order valence-electron chi connectivity index (χ4n) is 2.83. The third-order valence-corrected chi connectivity index (χ3v) is 4.83. The average molecular weight is 434 g/mol. The number of hydrogen-bond donors (Lipinski definition) is 2. The molecule has 0 radical (unpaired) electrons. The van der Waals surface area contributed by atoms with Gasteiger partial charge in [-0.15, -0.1) is 0 Å². The van der Waals surface area contributed by atoms with E-state index in [-0.39, 0.29) is 24.7 Å². The third-order valence-electron chi connectivity index (χ3n) is 4.30. The van der Waals surface area contributed by atoms with Crippen LogP contribution in [0.25, 0.3) is 10.9 Å². The summed E-state index contributed by atoms with van der Waals surface area (Å²) < 4.78 is 7.53. The van der Waals surface area contributed by atoms with Crippen LogP contribution in [0.5, 0.6) is 5.75 Å². The molecule has 3 rings (SSSR count). The minimum atomic E-state index is -0.282. The number of aryl methyl sites for hydroxylation is 1. The SMILES string of the molecule is O=C(CCCOc1ccc(Cl)cc1Cl)NNC(=O)CCn1ccc2ccccc21. The Morgan fingerprint density at radius 1 is 0.966 bits per heavy atom. The van der Waals surface area contributed by atoms with E-state index in [4.69, 9.17) is 27.9 Å². The molecule has 2 amide bonds. The van der Waals surface area contributed by atoms with Gasteiger partial charge in [-0.1, -0.05) is 41.4 Å². The van der Waals surface area contributed by atoms with Gasteiger partial charge < -0.3 is 9.30 Å². The van der Waals surface area contributed by atoms with Crippen LogP contribution in [0, 0.1) is 0 Å². The molecule has 2 N–H and O–H groups in total. The Bertz CT molecular complexity index is 1000. The van der Waals surface area contributed by atoms with Crippen LogP contribution < -0.4 is 15.6 Å². The van der Waals surface area contributed by atoms with Gasteiger partial charge in [0.1, 0.15) is 5.75 Å². The monoisotopic (exact) mass is 433 g/mol. The maximum absolute atomic E-state index is 12.0. The van der Waals surface area contributed by atoms with E-state index >= 15 is 0 Å². The summed E-state index contributed by atoms with van der Waals surface area (Å²) in [6.45, 7) is 0.855. The highest BCUT2D eigenvalue weighted by Crippen LogP contribution is 2.27. The van der Waals surface area contributed by atoms with Gasteiger partial charge >= 0.3 is 0 Å². The Balaban J connectivity index is 1.32. The maximum atomic E-state index is 12.0. The number of nitrogens with one attached hydrogen (secondary N) is 2. The van der Waals surface area contributed by atoms with Crippen molar-refractivity contribution < 1.29 is 14.3 Å². The Morgan fingerprint density at radius 3 is 2.52 bits per heavy atom. The molecule has 0 spiro atoms. The summed E-state index contributed by atoms with van der Waals surface area (Å²) in [5.74, 6) is -0.0155. The number of rotatable bonds is 8. The van der Waals surface area contributed by atoms with Crippen molar-refractivity contribution in [3.05, 3.63) is 64.8 Å². The molecule has 0 unspecified atom stereocenters. The topological polar surface area (TPSA) is 72.4 Å². The van der Waals surface area contributed by atoms with Crippen LogP contribution in [0.4, 0.5) is 0 Å². The van der Waals surface area contributed by atoms with Crippen LogP contribution in [0.3, 0.4) is 0 Å². The molecular weight excluding hydrogens is 413 g/mol. The van der Waals surface area contributed by atoms with Crippen molar-refractivity contribution in [3.8, 4) is 5.75 Å². The number of amides is 2. The number of ether oxygens (including phenoxy) is 1. The molecule has 0 aliphatic heterocycles. The molecule has 3 aromatic rings. The summed E-state index contributed by atoms with van der Waals surface area (Å²) in [7, 11) is 0. The fourth-order valence-corrected chi connectivity index (χ4v) is 3.29. The predicted octanol–water partition coefficient (Wildman–Crippen LogP) is 4.34. The average Bonchev–Trinajstić information content (AvgIpc) is 3.12. The number of benzene rings is 2. The van der Waals surface area contributed by atoms with Crippen molar-refractivity contribution in [2.45, 2.75) is 25.8 Å². The highest BCUT2D eigenvalue weighted by molar-refractivity contribution is 6.35. The van der Waals surface area contributed by atoms with Crippen LogP contribution >= 0.6 is 23.2 Å². The van der Waals surface area contributed by atoms with Gasteiger partial charge in [0.2, 0.25) is 11.8 Å². The maximum Gasteiger partial charge on any atom is 0.240 e. The molecule has 0 saturated carbocycles. The number of hydrazine groups is 1. The number of para-hydroxylation sites is 1. The summed E-state index contributed by atoms with van der Waals surface area (Å²) in [6.07, 6.45) is 2.91. The number of carbonyl (C=O) groups is 2. The number of halogens is 2. The summed E-state index contributed by atoms with van der Waals surface area (Å²) >= 11 is 11.8. The number of fused-ring (bicyclic) bond motifs is 1. The summed E-state index contributed by atoms with van der Waals surface area (Å²) in [5, 5.41) is 2.08. The zero-order valence-corrected chi connectivity index (χ0v) is 17.2. The molecule has 0 bridgehead atoms. The second kappa shape index (κ2) is 10.2. The lowest BCUT2D eigenvalue weighted by molar-refractivity contribution is -0.129. The molecule has 8 heteroatoms. The second-order valence-electron chi connectivity index (χ2n) is 6.44. The van der Waals surface area contributed by atoms with Gasteiger partial charge in [-0.05, 0) is 42.1 Å². The van der Waals surface area contributed by atoms with Crippen molar-refractivity contribution in [2.24, 2.45) is 0 Å². The lowest BCUT2D eigenvalue weighted by Crippen LogP contribution is -2.41. The van der Waals surface area contributed by atoms with Gasteiger partial charge in [0, 0.05) is 36.1 Å². The van der Waals surface area contributed by atoms with Crippen molar-refractivity contribution in [2.75, 3.05) is 6.61 Å². The summed E-state index contributed by atoms with van der Waals surface area (Å²) in [6, 6.07) is 14.9. The van der Waals surface area contributed by atoms with Crippen LogP contribution in [0.1, 0.15) is 19.3 Å². The zero-order valence-electron chi connectivity index (χ0n) is 15.7. The molecular formula is C21H21Cl2N3O3. The lowest BCUT2D eigenvalue weighted by atomic mass is 10.2. The molecule has 29 heavy (non-hydrogen) atoms. The normalized spacial score (nSPS) is 10.7. The molecule has 0 aliphatic rings. The van der Waals surface area contributed by atoms with Crippen molar-refractivity contribution in [1.29, 1.82) is 0 Å². The fraction of sp³-hybridized carbons (Fsp3) is 0.238. The van der Waals surface area contributed by atoms with Crippen molar-refractivity contribution >= 4 is 45.9 Å². The largest absolute Gasteiger partial charge is 0.492 e. The molecule has 1 aromatic heterocycles. The first-order valence-corrected chi connectivity index (χ1v) is 9.98. The molecule has 152 valence electrons. The van der Waals surface area contributed by atoms with Crippen molar-refractivity contribution in [3.63, 3.8) is 0 Å². The first-order valence-electron chi connectivity index (χ1n) is 9.22. The number of carbonyl (C=O) groups excluding carboxylic acids is 2. The minimum absolute atomic E-state index is 0.216. The highest BCUT2D eigenvalue weighted by Gasteiger charge is 2.07. The molecule has 0 aliphatic carbocycles. The number of hydrogen-bond acceptors (Lipinski definition) is 3. The molecule has 0 atom stereocenters. The zero-order chi connectivity index (χ0) is 20.6. The van der Waals surface area contributed by atoms with Gasteiger partial charge in [0.05, 0.1) is 11.6 Å². The van der Waals surface area contributed by atoms with E-state index < -0.39 is 0 Å². The van der Waals surface area contributed by atoms with Crippen LogP contribution in [0.2, 0.25) is 10.0 Å². The summed E-state index contributed by atoms with van der Waals surface area (Å²) in [4.78, 5) is 23.8. The molecule has 0 saturated heterocycles. The quantitative estimate of drug-likeness (QED) is 0.409. The van der Waals surface area contributed by atoms with Gasteiger partial charge in [0.15, 0.2) is 0 Å². The van der Waals surface area contributed by atoms with Gasteiger partial charge in [-0.2, -0.15) is 0 Å². The lowest BCUT2D eigenvalue weighted by Gasteiger charge is -2.10. The van der Waals surface area contributed by atoms with E-state index in [0.29, 0.717) is 35.4 Å². The Kier molecular flexibility index (Phi) is 7.38. The number of nitrogens with zero attached hydrogens (tertiary/aromatic N) is 1. The Labute approximate surface area is 178 Å². The molecule has 2 aromatic carbocycles. The van der Waals surface area contributed by atoms with E-state index in [1.165, 1.54) is 0 Å². The molecule has 0 fully saturated rings. The van der Waals surface area contributed by atoms with E-state index in [9.17, 15) is 9.59 Å². The Hall–Kier alpha value is -2.70. The predicted molar refractivity (Wildman–Crippen MR) is 114 cm³/mol. The van der Waals surface area contributed by atoms with Gasteiger partial charge in [0.25, 0.3) is 0 Å². The van der Waals surface area contributed by atoms with Crippen LogP contribution in [-0.2, 0) is 16.1 Å². The van der Waals surface area contributed by atoms with E-state index in [0.717, 1.165) is 10.9 Å². The van der Waals surface area contributed by atoms with E-state index in [2.05, 4.69) is 10.9 Å². The summed E-state index contributed by atoms with van der Waals surface area (Å²) in [5.41, 5.74) is 5.93. The number of aromatic nitrogens is 1. The van der Waals surface area contributed by atoms with Gasteiger partial charge in [-0.25, -0.2) is 0 Å². The van der Waals surface area contributed by atoms with Crippen LogP contribution in [-0.4, -0.2) is 23.0 Å². The van der Waals surface area contributed by atoms with Crippen LogP contribution in [0.15, 0.2) is 54.7 Å². The second-order valence-corrected chi connectivity index (χ2v) is 7.28. The molecule has 6 nitrogen and oxygen atoms in total. The van der Waals surface area contributed by atoms with Crippen molar-refractivity contribution in [1.82, 2.24) is 15.4 Å². The van der Waals surface area contributed by atoms with E-state index in [1.54, 1.807) is 18.2 Å². The first kappa shape index (κ1) is 21.0. The van der Waals surface area contributed by atoms with Gasteiger partial charge in [-0.3, -0.25) is 20.4 Å². The standard InChI is InChI=1S/C21H21Cl2N3O3/c22-16-7-8-19(17(23)14-16)29-13-3-6-20(27)24-25-21(28)10-12-26-11-9-15-4-1-2-5-18(15)26/h1-2,4-5,7-9,11,14H,3,6,10,12-13H2,(H,24,27)(H,25,28). The first-order chi connectivity index (χ1) is 14.0. The van der Waals surface area contributed by atoms with E-state index in [1.807, 2.05) is 41.1 Å². The highest BCUT2D eigenvalue weighted by atomic mass is 35.5. The Morgan fingerprint density at radius 2 is 1.72 bits per heavy atom. The molecule has 1 heterocycles.